The second-order valence-electron chi connectivity index (χ2n) is 5.43. The SMILES string of the molecule is C#CCOc1c(Cl)cc(CNc2cccc(C)c2C)cc1OCC. The molecule has 2 rings (SSSR count). The van der Waals surface area contributed by atoms with E-state index in [1.54, 1.807) is 0 Å². The van der Waals surface area contributed by atoms with Crippen molar-refractivity contribution in [3.05, 3.63) is 52.0 Å². The lowest BCUT2D eigenvalue weighted by molar-refractivity contribution is 0.299. The Morgan fingerprint density at radius 2 is 2.00 bits per heavy atom. The second-order valence-corrected chi connectivity index (χ2v) is 5.84. The quantitative estimate of drug-likeness (QED) is 0.719. The van der Waals surface area contributed by atoms with Gasteiger partial charge >= 0.3 is 0 Å². The summed E-state index contributed by atoms with van der Waals surface area (Å²) in [5, 5.41) is 3.94. The van der Waals surface area contributed by atoms with Crippen molar-refractivity contribution in [3.63, 3.8) is 0 Å². The summed E-state index contributed by atoms with van der Waals surface area (Å²) in [4.78, 5) is 0. The molecule has 0 aliphatic rings. The van der Waals surface area contributed by atoms with Crippen LogP contribution in [0.25, 0.3) is 0 Å². The summed E-state index contributed by atoms with van der Waals surface area (Å²) < 4.78 is 11.2. The van der Waals surface area contributed by atoms with Gasteiger partial charge in [0.25, 0.3) is 0 Å². The van der Waals surface area contributed by atoms with Gasteiger partial charge in [-0.3, -0.25) is 0 Å². The predicted molar refractivity (Wildman–Crippen MR) is 100 cm³/mol. The Kier molecular flexibility index (Phi) is 6.40. The minimum Gasteiger partial charge on any atom is -0.490 e. The highest BCUT2D eigenvalue weighted by Gasteiger charge is 2.12. The highest BCUT2D eigenvalue weighted by Crippen LogP contribution is 2.37. The zero-order chi connectivity index (χ0) is 17.5. The average Bonchev–Trinajstić information content (AvgIpc) is 2.56. The van der Waals surface area contributed by atoms with E-state index in [2.05, 4.69) is 37.2 Å². The Hall–Kier alpha value is -2.31. The fourth-order valence-corrected chi connectivity index (χ4v) is 2.67. The molecule has 3 nitrogen and oxygen atoms in total. The zero-order valence-corrected chi connectivity index (χ0v) is 15.0. The summed E-state index contributed by atoms with van der Waals surface area (Å²) >= 11 is 6.34. The molecule has 0 saturated carbocycles. The van der Waals surface area contributed by atoms with Crippen molar-refractivity contribution in [2.75, 3.05) is 18.5 Å². The summed E-state index contributed by atoms with van der Waals surface area (Å²) in [6.07, 6.45) is 5.25. The molecule has 0 unspecified atom stereocenters. The molecule has 24 heavy (non-hydrogen) atoms. The van der Waals surface area contributed by atoms with E-state index in [0.717, 1.165) is 11.3 Å². The monoisotopic (exact) mass is 343 g/mol. The molecule has 4 heteroatoms. The van der Waals surface area contributed by atoms with Gasteiger partial charge in [0.1, 0.15) is 6.61 Å². The van der Waals surface area contributed by atoms with Crippen LogP contribution in [0.15, 0.2) is 30.3 Å². The number of rotatable bonds is 7. The Balaban J connectivity index is 2.21. The van der Waals surface area contributed by atoms with Crippen LogP contribution in [0.4, 0.5) is 5.69 Å². The van der Waals surface area contributed by atoms with Crippen LogP contribution >= 0.6 is 11.6 Å². The Morgan fingerprint density at radius 1 is 1.21 bits per heavy atom. The van der Waals surface area contributed by atoms with Crippen LogP contribution in [0.1, 0.15) is 23.6 Å². The van der Waals surface area contributed by atoms with Crippen molar-refractivity contribution in [1.29, 1.82) is 0 Å². The maximum atomic E-state index is 6.34. The predicted octanol–water partition coefficient (Wildman–Crippen LogP) is 4.98. The van der Waals surface area contributed by atoms with E-state index in [-0.39, 0.29) is 6.61 Å². The Labute approximate surface area is 148 Å². The molecule has 126 valence electrons. The number of terminal acetylenes is 1. The fraction of sp³-hybridized carbons (Fsp3) is 0.300. The molecule has 0 heterocycles. The molecular weight excluding hydrogens is 322 g/mol. The van der Waals surface area contributed by atoms with E-state index in [4.69, 9.17) is 27.5 Å². The van der Waals surface area contributed by atoms with Gasteiger partial charge in [-0.1, -0.05) is 29.7 Å². The van der Waals surface area contributed by atoms with Crippen LogP contribution in [0.2, 0.25) is 5.02 Å². The molecule has 0 aromatic heterocycles. The molecule has 0 bridgehead atoms. The van der Waals surface area contributed by atoms with Crippen LogP contribution in [0, 0.1) is 26.2 Å². The molecule has 0 spiro atoms. The van der Waals surface area contributed by atoms with E-state index in [0.29, 0.717) is 29.7 Å². The van der Waals surface area contributed by atoms with E-state index in [1.807, 2.05) is 25.1 Å². The molecule has 2 aromatic rings. The number of aryl methyl sites for hydroxylation is 1. The van der Waals surface area contributed by atoms with Gasteiger partial charge in [-0.15, -0.1) is 6.42 Å². The van der Waals surface area contributed by atoms with Gasteiger partial charge in [0.05, 0.1) is 11.6 Å². The summed E-state index contributed by atoms with van der Waals surface area (Å²) in [6, 6.07) is 10.0. The lowest BCUT2D eigenvalue weighted by Gasteiger charge is -2.16. The van der Waals surface area contributed by atoms with Gasteiger partial charge in [0.2, 0.25) is 0 Å². The minimum atomic E-state index is 0.153. The highest BCUT2D eigenvalue weighted by atomic mass is 35.5. The summed E-state index contributed by atoms with van der Waals surface area (Å²) in [5.41, 5.74) is 4.61. The average molecular weight is 344 g/mol. The van der Waals surface area contributed by atoms with Gasteiger partial charge in [-0.05, 0) is 55.7 Å². The molecule has 0 saturated heterocycles. The first-order valence-corrected chi connectivity index (χ1v) is 8.26. The standard InChI is InChI=1S/C20H22ClNO2/c1-5-10-24-20-17(21)11-16(12-19(20)23-6-2)13-22-18-9-7-8-14(3)15(18)4/h1,7-9,11-12,22H,6,10,13H2,2-4H3. The van der Waals surface area contributed by atoms with E-state index in [9.17, 15) is 0 Å². The zero-order valence-electron chi connectivity index (χ0n) is 14.3. The minimum absolute atomic E-state index is 0.153. The first-order valence-electron chi connectivity index (χ1n) is 7.88. The molecule has 2 aromatic carbocycles. The first-order chi connectivity index (χ1) is 11.6. The number of hydrogen-bond donors (Lipinski definition) is 1. The third-order valence-electron chi connectivity index (χ3n) is 3.76. The fourth-order valence-electron chi connectivity index (χ4n) is 2.38. The molecule has 0 amide bonds. The molecule has 0 atom stereocenters. The summed E-state index contributed by atoms with van der Waals surface area (Å²) in [6.45, 7) is 7.44. The van der Waals surface area contributed by atoms with Gasteiger partial charge in [0.15, 0.2) is 11.5 Å². The van der Waals surface area contributed by atoms with Gasteiger partial charge < -0.3 is 14.8 Å². The lowest BCUT2D eigenvalue weighted by Crippen LogP contribution is -2.04. The largest absolute Gasteiger partial charge is 0.490 e. The second kappa shape index (κ2) is 8.52. The number of hydrogen-bond acceptors (Lipinski definition) is 3. The lowest BCUT2D eigenvalue weighted by atomic mass is 10.1. The number of halogens is 1. The van der Waals surface area contributed by atoms with Gasteiger partial charge in [0, 0.05) is 12.2 Å². The van der Waals surface area contributed by atoms with Crippen molar-refractivity contribution >= 4 is 17.3 Å². The first kappa shape index (κ1) is 18.0. The smallest absolute Gasteiger partial charge is 0.181 e. The van der Waals surface area contributed by atoms with Crippen LogP contribution in [0.5, 0.6) is 11.5 Å². The number of anilines is 1. The van der Waals surface area contributed by atoms with Crippen molar-refractivity contribution in [3.8, 4) is 23.8 Å². The molecular formula is C20H22ClNO2. The maximum Gasteiger partial charge on any atom is 0.181 e. The molecule has 0 fully saturated rings. The van der Waals surface area contributed by atoms with E-state index in [1.165, 1.54) is 11.1 Å². The molecule has 0 radical (unpaired) electrons. The van der Waals surface area contributed by atoms with Crippen molar-refractivity contribution in [2.45, 2.75) is 27.3 Å². The highest BCUT2D eigenvalue weighted by molar-refractivity contribution is 6.32. The van der Waals surface area contributed by atoms with Gasteiger partial charge in [-0.2, -0.15) is 0 Å². The van der Waals surface area contributed by atoms with Crippen LogP contribution in [-0.4, -0.2) is 13.2 Å². The van der Waals surface area contributed by atoms with Crippen LogP contribution < -0.4 is 14.8 Å². The number of benzene rings is 2. The third-order valence-corrected chi connectivity index (χ3v) is 4.04. The molecule has 0 aliphatic carbocycles. The van der Waals surface area contributed by atoms with Crippen molar-refractivity contribution in [1.82, 2.24) is 0 Å². The van der Waals surface area contributed by atoms with Crippen LogP contribution in [0.3, 0.4) is 0 Å². The third kappa shape index (κ3) is 4.37. The number of nitrogens with one attached hydrogen (secondary N) is 1. The summed E-state index contributed by atoms with van der Waals surface area (Å²) in [7, 11) is 0. The van der Waals surface area contributed by atoms with E-state index < -0.39 is 0 Å². The topological polar surface area (TPSA) is 30.5 Å². The maximum absolute atomic E-state index is 6.34. The van der Waals surface area contributed by atoms with E-state index >= 15 is 0 Å². The summed E-state index contributed by atoms with van der Waals surface area (Å²) in [5.74, 6) is 3.54. The Morgan fingerprint density at radius 3 is 2.71 bits per heavy atom. The normalized spacial score (nSPS) is 10.1. The van der Waals surface area contributed by atoms with Crippen LogP contribution in [-0.2, 0) is 6.54 Å². The van der Waals surface area contributed by atoms with Gasteiger partial charge in [-0.25, -0.2) is 0 Å². The van der Waals surface area contributed by atoms with Crippen molar-refractivity contribution in [2.24, 2.45) is 0 Å². The molecule has 1 N–H and O–H groups in total. The Bertz CT molecular complexity index is 750. The number of ether oxygens (including phenoxy) is 2. The molecule has 0 aliphatic heterocycles. The van der Waals surface area contributed by atoms with Crippen molar-refractivity contribution < 1.29 is 9.47 Å².